The molecule has 1 aliphatic rings. The Labute approximate surface area is 180 Å². The molecule has 1 heterocycles. The van der Waals surface area contributed by atoms with Gasteiger partial charge in [0.05, 0.1) is 5.41 Å². The second-order valence-corrected chi connectivity index (χ2v) is 7.69. The van der Waals surface area contributed by atoms with Crippen LogP contribution in [0.1, 0.15) is 11.1 Å². The number of rotatable bonds is 6. The highest BCUT2D eigenvalue weighted by Crippen LogP contribution is 2.45. The molecule has 2 N–H and O–H groups in total. The molecular weight excluding hydrogens is 392 g/mol. The first kappa shape index (κ1) is 20.3. The number of carboxylic acid groups (broad SMARTS) is 1. The molecule has 4 rings (SSSR count). The summed E-state index contributed by atoms with van der Waals surface area (Å²) in [5.41, 5.74) is 0.943. The Bertz CT molecular complexity index is 1040. The maximum Gasteiger partial charge on any atom is 0.329 e. The van der Waals surface area contributed by atoms with E-state index < -0.39 is 29.4 Å². The SMILES string of the molecule is O=C(O)[C@H]1N(C(=O)Nc2ccccc2)C(=O)C1(Cc1ccccc1)Cc1ccccc1. The van der Waals surface area contributed by atoms with Crippen molar-refractivity contribution in [1.82, 2.24) is 4.90 Å². The third-order valence-electron chi connectivity index (χ3n) is 5.63. The number of nitrogens with one attached hydrogen (secondary N) is 1. The number of urea groups is 1. The lowest BCUT2D eigenvalue weighted by molar-refractivity contribution is -0.178. The van der Waals surface area contributed by atoms with Gasteiger partial charge in [0, 0.05) is 5.69 Å². The standard InChI is InChI=1S/C25H22N2O4/c28-22(29)21-25(16-18-10-4-1-5-11-18,17-19-12-6-2-7-13-19)23(30)27(21)24(31)26-20-14-8-3-9-15-20/h1-15,21H,16-17H2,(H,26,31)(H,28,29)/t21-/m1/s1. The monoisotopic (exact) mass is 414 g/mol. The number of imide groups is 1. The van der Waals surface area contributed by atoms with Crippen LogP contribution in [0.15, 0.2) is 91.0 Å². The minimum absolute atomic E-state index is 0.230. The zero-order valence-electron chi connectivity index (χ0n) is 16.8. The number of benzene rings is 3. The molecule has 1 fully saturated rings. The van der Waals surface area contributed by atoms with Gasteiger partial charge in [-0.2, -0.15) is 0 Å². The molecule has 0 unspecified atom stereocenters. The number of carbonyl (C=O) groups excluding carboxylic acids is 2. The van der Waals surface area contributed by atoms with Crippen LogP contribution in [0, 0.1) is 5.41 Å². The Morgan fingerprint density at radius 2 is 1.26 bits per heavy atom. The highest BCUT2D eigenvalue weighted by molar-refractivity contribution is 6.13. The van der Waals surface area contributed by atoms with Crippen molar-refractivity contribution in [3.8, 4) is 0 Å². The zero-order valence-corrected chi connectivity index (χ0v) is 16.8. The van der Waals surface area contributed by atoms with E-state index in [-0.39, 0.29) is 12.8 Å². The average molecular weight is 414 g/mol. The molecule has 1 atom stereocenters. The molecule has 6 nitrogen and oxygen atoms in total. The first-order valence-electron chi connectivity index (χ1n) is 10.0. The fourth-order valence-electron chi connectivity index (χ4n) is 4.24. The van der Waals surface area contributed by atoms with Crippen LogP contribution in [-0.2, 0) is 22.4 Å². The largest absolute Gasteiger partial charge is 0.480 e. The number of hydrogen-bond donors (Lipinski definition) is 2. The van der Waals surface area contributed by atoms with Crippen LogP contribution < -0.4 is 5.32 Å². The lowest BCUT2D eigenvalue weighted by Gasteiger charge is -2.52. The van der Waals surface area contributed by atoms with Gasteiger partial charge >= 0.3 is 12.0 Å². The number of para-hydroxylation sites is 1. The predicted octanol–water partition coefficient (Wildman–Crippen LogP) is 3.99. The molecule has 0 aromatic heterocycles. The lowest BCUT2D eigenvalue weighted by Crippen LogP contribution is -2.75. The van der Waals surface area contributed by atoms with E-state index in [1.54, 1.807) is 30.3 Å². The van der Waals surface area contributed by atoms with Crippen LogP contribution in [-0.4, -0.2) is 34.0 Å². The summed E-state index contributed by atoms with van der Waals surface area (Å²) >= 11 is 0. The van der Waals surface area contributed by atoms with E-state index in [1.165, 1.54) is 0 Å². The normalized spacial score (nSPS) is 17.0. The van der Waals surface area contributed by atoms with Gasteiger partial charge in [0.2, 0.25) is 5.91 Å². The summed E-state index contributed by atoms with van der Waals surface area (Å²) in [6.07, 6.45) is 0.460. The van der Waals surface area contributed by atoms with E-state index in [2.05, 4.69) is 5.32 Å². The number of amides is 3. The topological polar surface area (TPSA) is 86.7 Å². The summed E-state index contributed by atoms with van der Waals surface area (Å²) in [5, 5.41) is 12.7. The molecule has 0 radical (unpaired) electrons. The van der Waals surface area contributed by atoms with Crippen molar-refractivity contribution < 1.29 is 19.5 Å². The molecule has 0 bridgehead atoms. The number of hydrogen-bond acceptors (Lipinski definition) is 3. The molecule has 6 heteroatoms. The summed E-state index contributed by atoms with van der Waals surface area (Å²) in [5.74, 6) is -1.68. The van der Waals surface area contributed by atoms with Crippen LogP contribution in [0.25, 0.3) is 0 Å². The van der Waals surface area contributed by atoms with Crippen molar-refractivity contribution in [2.45, 2.75) is 18.9 Å². The number of carboxylic acids is 1. The van der Waals surface area contributed by atoms with Crippen molar-refractivity contribution in [1.29, 1.82) is 0 Å². The van der Waals surface area contributed by atoms with E-state index in [0.717, 1.165) is 16.0 Å². The molecule has 31 heavy (non-hydrogen) atoms. The second-order valence-electron chi connectivity index (χ2n) is 7.69. The van der Waals surface area contributed by atoms with Crippen LogP contribution in [0.2, 0.25) is 0 Å². The molecule has 1 saturated heterocycles. The maximum atomic E-state index is 13.4. The lowest BCUT2D eigenvalue weighted by atomic mass is 9.63. The first-order valence-corrected chi connectivity index (χ1v) is 10.0. The number of β-lactam (4-membered cyclic amide) rings is 1. The Balaban J connectivity index is 1.68. The van der Waals surface area contributed by atoms with Gasteiger partial charge in [0.15, 0.2) is 6.04 Å². The van der Waals surface area contributed by atoms with E-state index in [4.69, 9.17) is 0 Å². The number of anilines is 1. The molecule has 0 aliphatic carbocycles. The number of likely N-dealkylation sites (tertiary alicyclic amines) is 1. The van der Waals surface area contributed by atoms with Gasteiger partial charge in [-0.25, -0.2) is 14.5 Å². The summed E-state index contributed by atoms with van der Waals surface area (Å²) in [6.45, 7) is 0. The summed E-state index contributed by atoms with van der Waals surface area (Å²) in [4.78, 5) is 39.4. The third kappa shape index (κ3) is 3.92. The maximum absolute atomic E-state index is 13.4. The molecule has 0 saturated carbocycles. The van der Waals surface area contributed by atoms with E-state index in [1.807, 2.05) is 60.7 Å². The number of aliphatic carboxylic acids is 1. The molecule has 3 amide bonds. The molecule has 3 aromatic carbocycles. The van der Waals surface area contributed by atoms with Gasteiger partial charge in [-0.3, -0.25) is 4.79 Å². The van der Waals surface area contributed by atoms with Gasteiger partial charge in [0.1, 0.15) is 0 Å². The minimum Gasteiger partial charge on any atom is -0.480 e. The molecule has 1 aliphatic heterocycles. The van der Waals surface area contributed by atoms with Crippen LogP contribution in [0.5, 0.6) is 0 Å². The highest BCUT2D eigenvalue weighted by Gasteiger charge is 2.66. The Kier molecular flexibility index (Phi) is 5.54. The van der Waals surface area contributed by atoms with E-state index >= 15 is 0 Å². The van der Waals surface area contributed by atoms with Crippen molar-refractivity contribution in [2.24, 2.45) is 5.41 Å². The first-order chi connectivity index (χ1) is 15.0. The highest BCUT2D eigenvalue weighted by atomic mass is 16.4. The predicted molar refractivity (Wildman–Crippen MR) is 116 cm³/mol. The smallest absolute Gasteiger partial charge is 0.329 e. The Morgan fingerprint density at radius 1 is 0.806 bits per heavy atom. The van der Waals surface area contributed by atoms with Gasteiger partial charge in [-0.05, 0) is 36.1 Å². The van der Waals surface area contributed by atoms with Gasteiger partial charge < -0.3 is 10.4 Å². The van der Waals surface area contributed by atoms with E-state index in [9.17, 15) is 19.5 Å². The van der Waals surface area contributed by atoms with Crippen LogP contribution >= 0.6 is 0 Å². The Hall–Kier alpha value is -3.93. The van der Waals surface area contributed by atoms with Crippen LogP contribution in [0.3, 0.4) is 0 Å². The fourth-order valence-corrected chi connectivity index (χ4v) is 4.24. The average Bonchev–Trinajstić information content (AvgIpc) is 2.78. The van der Waals surface area contributed by atoms with E-state index in [0.29, 0.717) is 5.69 Å². The fraction of sp³-hybridized carbons (Fsp3) is 0.160. The van der Waals surface area contributed by atoms with Gasteiger partial charge in [0.25, 0.3) is 0 Å². The summed E-state index contributed by atoms with van der Waals surface area (Å²) in [7, 11) is 0. The number of carbonyl (C=O) groups is 3. The van der Waals surface area contributed by atoms with Gasteiger partial charge in [-0.1, -0.05) is 78.9 Å². The summed E-state index contributed by atoms with van der Waals surface area (Å²) < 4.78 is 0. The second kappa shape index (κ2) is 8.44. The van der Waals surface area contributed by atoms with Crippen molar-refractivity contribution >= 4 is 23.6 Å². The number of nitrogens with zero attached hydrogens (tertiary/aromatic N) is 1. The van der Waals surface area contributed by atoms with Crippen LogP contribution in [0.4, 0.5) is 10.5 Å². The quantitative estimate of drug-likeness (QED) is 0.597. The van der Waals surface area contributed by atoms with Crippen molar-refractivity contribution in [3.05, 3.63) is 102 Å². The summed E-state index contributed by atoms with van der Waals surface area (Å²) in [6, 6.07) is 25.2. The molecule has 0 spiro atoms. The zero-order chi connectivity index (χ0) is 21.8. The molecule has 3 aromatic rings. The Morgan fingerprint density at radius 3 is 1.71 bits per heavy atom. The molecule has 156 valence electrons. The van der Waals surface area contributed by atoms with Crippen molar-refractivity contribution in [2.75, 3.05) is 5.32 Å². The molecular formula is C25H22N2O4. The van der Waals surface area contributed by atoms with Crippen molar-refractivity contribution in [3.63, 3.8) is 0 Å². The third-order valence-corrected chi connectivity index (χ3v) is 5.63. The van der Waals surface area contributed by atoms with Gasteiger partial charge in [-0.15, -0.1) is 0 Å². The minimum atomic E-state index is -1.27.